The molecule has 8 heteroatoms. The highest BCUT2D eigenvalue weighted by Gasteiger charge is 2.50. The predicted octanol–water partition coefficient (Wildman–Crippen LogP) is 1.33. The van der Waals surface area contributed by atoms with Crippen molar-refractivity contribution in [3.8, 4) is 0 Å². The Morgan fingerprint density at radius 2 is 2.05 bits per heavy atom. The molecular weight excluding hydrogens is 326 g/mol. The molecule has 1 aromatic carbocycles. The molecule has 124 valence electrons. The second-order valence-electron chi connectivity index (χ2n) is 5.95. The van der Waals surface area contributed by atoms with Crippen LogP contribution >= 0.6 is 12.4 Å². The Bertz CT molecular complexity index is 646. The molecule has 0 heterocycles. The van der Waals surface area contributed by atoms with Gasteiger partial charge in [-0.15, -0.1) is 12.4 Å². The SMILES string of the molecule is CC1(C)CC1C(=O)Nc1cccc(S(=O)(=O)NCCN)c1.Cl. The maximum atomic E-state index is 12.0. The molecule has 1 aromatic rings. The van der Waals surface area contributed by atoms with Crippen LogP contribution < -0.4 is 15.8 Å². The number of hydrogen-bond donors (Lipinski definition) is 3. The summed E-state index contributed by atoms with van der Waals surface area (Å²) in [4.78, 5) is 12.1. The second kappa shape index (κ2) is 6.95. The van der Waals surface area contributed by atoms with Gasteiger partial charge in [-0.05, 0) is 30.0 Å². The third-order valence-electron chi connectivity index (χ3n) is 3.68. The van der Waals surface area contributed by atoms with Crippen molar-refractivity contribution in [3.05, 3.63) is 24.3 Å². The van der Waals surface area contributed by atoms with E-state index in [1.807, 2.05) is 13.8 Å². The van der Waals surface area contributed by atoms with E-state index in [1.165, 1.54) is 12.1 Å². The lowest BCUT2D eigenvalue weighted by atomic mass is 10.1. The molecule has 1 saturated carbocycles. The Hall–Kier alpha value is -1.15. The molecule has 0 radical (unpaired) electrons. The molecule has 1 unspecified atom stereocenters. The number of anilines is 1. The molecule has 0 aromatic heterocycles. The van der Waals surface area contributed by atoms with Crippen LogP contribution in [-0.4, -0.2) is 27.4 Å². The van der Waals surface area contributed by atoms with Crippen molar-refractivity contribution in [2.24, 2.45) is 17.1 Å². The minimum atomic E-state index is -3.59. The van der Waals surface area contributed by atoms with Crippen molar-refractivity contribution in [1.82, 2.24) is 4.72 Å². The summed E-state index contributed by atoms with van der Waals surface area (Å²) in [5.41, 5.74) is 5.81. The number of benzene rings is 1. The molecule has 0 aliphatic heterocycles. The molecule has 1 aliphatic carbocycles. The summed E-state index contributed by atoms with van der Waals surface area (Å²) in [7, 11) is -3.59. The molecule has 22 heavy (non-hydrogen) atoms. The molecule has 1 aliphatic rings. The molecule has 2 rings (SSSR count). The van der Waals surface area contributed by atoms with Gasteiger partial charge < -0.3 is 11.1 Å². The van der Waals surface area contributed by atoms with E-state index < -0.39 is 10.0 Å². The lowest BCUT2D eigenvalue weighted by molar-refractivity contribution is -0.118. The fourth-order valence-corrected chi connectivity index (χ4v) is 3.25. The van der Waals surface area contributed by atoms with E-state index in [-0.39, 0.29) is 47.6 Å². The lowest BCUT2D eigenvalue weighted by Crippen LogP contribution is -2.29. The number of sulfonamides is 1. The smallest absolute Gasteiger partial charge is 0.240 e. The summed E-state index contributed by atoms with van der Waals surface area (Å²) in [6, 6.07) is 6.21. The summed E-state index contributed by atoms with van der Waals surface area (Å²) in [5, 5.41) is 2.77. The zero-order valence-corrected chi connectivity index (χ0v) is 14.3. The van der Waals surface area contributed by atoms with E-state index in [0.29, 0.717) is 5.69 Å². The Morgan fingerprint density at radius 1 is 1.41 bits per heavy atom. The van der Waals surface area contributed by atoms with E-state index in [0.717, 1.165) is 6.42 Å². The van der Waals surface area contributed by atoms with Gasteiger partial charge in [-0.3, -0.25) is 4.79 Å². The van der Waals surface area contributed by atoms with Gasteiger partial charge in [0.2, 0.25) is 15.9 Å². The molecule has 1 fully saturated rings. The van der Waals surface area contributed by atoms with Gasteiger partial charge >= 0.3 is 0 Å². The first-order valence-corrected chi connectivity index (χ1v) is 8.35. The average Bonchev–Trinajstić information content (AvgIpc) is 3.06. The first kappa shape index (κ1) is 18.9. The third kappa shape index (κ3) is 4.42. The van der Waals surface area contributed by atoms with Crippen LogP contribution in [0.4, 0.5) is 5.69 Å². The topological polar surface area (TPSA) is 101 Å². The zero-order chi connectivity index (χ0) is 15.7. The van der Waals surface area contributed by atoms with E-state index >= 15 is 0 Å². The standard InChI is InChI=1S/C14H21N3O3S.ClH/c1-14(2)9-12(14)13(18)17-10-4-3-5-11(8-10)21(19,20)16-7-6-15;/h3-5,8,12,16H,6-7,9,15H2,1-2H3,(H,17,18);1H. The third-order valence-corrected chi connectivity index (χ3v) is 5.14. The first-order chi connectivity index (χ1) is 9.76. The van der Waals surface area contributed by atoms with Crippen LogP contribution in [0, 0.1) is 11.3 Å². The van der Waals surface area contributed by atoms with Crippen LogP contribution in [0.25, 0.3) is 0 Å². The first-order valence-electron chi connectivity index (χ1n) is 6.87. The van der Waals surface area contributed by atoms with Crippen LogP contribution in [0.15, 0.2) is 29.2 Å². The van der Waals surface area contributed by atoms with Gasteiger partial charge in [0, 0.05) is 24.7 Å². The summed E-state index contributed by atoms with van der Waals surface area (Å²) in [6.45, 7) is 4.48. The van der Waals surface area contributed by atoms with Crippen molar-refractivity contribution >= 4 is 34.0 Å². The zero-order valence-electron chi connectivity index (χ0n) is 12.6. The fourth-order valence-electron chi connectivity index (χ4n) is 2.16. The van der Waals surface area contributed by atoms with Gasteiger partial charge in [-0.1, -0.05) is 19.9 Å². The summed E-state index contributed by atoms with van der Waals surface area (Å²) in [5.74, 6) is -0.0717. The predicted molar refractivity (Wildman–Crippen MR) is 88.5 cm³/mol. The molecule has 0 spiro atoms. The van der Waals surface area contributed by atoms with E-state index in [4.69, 9.17) is 5.73 Å². The largest absolute Gasteiger partial charge is 0.329 e. The van der Waals surface area contributed by atoms with Crippen molar-refractivity contribution < 1.29 is 13.2 Å². The van der Waals surface area contributed by atoms with Gasteiger partial charge in [-0.25, -0.2) is 13.1 Å². The van der Waals surface area contributed by atoms with Crippen LogP contribution in [0.5, 0.6) is 0 Å². The van der Waals surface area contributed by atoms with E-state index in [2.05, 4.69) is 10.0 Å². The Kier molecular flexibility index (Phi) is 5.97. The minimum absolute atomic E-state index is 0. The van der Waals surface area contributed by atoms with Crippen LogP contribution in [0.2, 0.25) is 0 Å². The van der Waals surface area contributed by atoms with Gasteiger partial charge in [0.1, 0.15) is 0 Å². The summed E-state index contributed by atoms with van der Waals surface area (Å²) in [6.07, 6.45) is 0.856. The number of nitrogens with two attached hydrogens (primary N) is 1. The second-order valence-corrected chi connectivity index (χ2v) is 7.72. The maximum absolute atomic E-state index is 12.0. The van der Waals surface area contributed by atoms with Gasteiger partial charge in [0.15, 0.2) is 0 Å². The highest BCUT2D eigenvalue weighted by molar-refractivity contribution is 7.89. The molecule has 1 amide bonds. The van der Waals surface area contributed by atoms with E-state index in [1.54, 1.807) is 12.1 Å². The number of carbonyl (C=O) groups excluding carboxylic acids is 1. The van der Waals surface area contributed by atoms with Gasteiger partial charge in [0.25, 0.3) is 0 Å². The molecule has 0 bridgehead atoms. The van der Waals surface area contributed by atoms with Crippen LogP contribution in [0.1, 0.15) is 20.3 Å². The quantitative estimate of drug-likeness (QED) is 0.722. The van der Waals surface area contributed by atoms with Crippen LogP contribution in [-0.2, 0) is 14.8 Å². The summed E-state index contributed by atoms with van der Waals surface area (Å²) >= 11 is 0. The Morgan fingerprint density at radius 3 is 2.59 bits per heavy atom. The Balaban J connectivity index is 0.00000242. The fraction of sp³-hybridized carbons (Fsp3) is 0.500. The number of rotatable bonds is 6. The highest BCUT2D eigenvalue weighted by Crippen LogP contribution is 2.51. The number of nitrogens with one attached hydrogen (secondary N) is 2. The monoisotopic (exact) mass is 347 g/mol. The molecule has 0 saturated heterocycles. The average molecular weight is 348 g/mol. The lowest BCUT2D eigenvalue weighted by Gasteiger charge is -2.09. The number of halogens is 1. The van der Waals surface area contributed by atoms with Crippen LogP contribution in [0.3, 0.4) is 0 Å². The maximum Gasteiger partial charge on any atom is 0.240 e. The van der Waals surface area contributed by atoms with Crippen molar-refractivity contribution in [2.75, 3.05) is 18.4 Å². The normalized spacial score (nSPS) is 19.1. The number of hydrogen-bond acceptors (Lipinski definition) is 4. The molecule has 4 N–H and O–H groups in total. The molecular formula is C14H22ClN3O3S. The van der Waals surface area contributed by atoms with Gasteiger partial charge in [-0.2, -0.15) is 0 Å². The number of carbonyl (C=O) groups is 1. The van der Waals surface area contributed by atoms with Crippen molar-refractivity contribution in [3.63, 3.8) is 0 Å². The number of amides is 1. The van der Waals surface area contributed by atoms with Gasteiger partial charge in [0.05, 0.1) is 4.90 Å². The molecule has 6 nitrogen and oxygen atoms in total. The van der Waals surface area contributed by atoms with E-state index in [9.17, 15) is 13.2 Å². The molecule has 1 atom stereocenters. The van der Waals surface area contributed by atoms with Crippen molar-refractivity contribution in [1.29, 1.82) is 0 Å². The highest BCUT2D eigenvalue weighted by atomic mass is 35.5. The minimum Gasteiger partial charge on any atom is -0.329 e. The van der Waals surface area contributed by atoms with Crippen molar-refractivity contribution in [2.45, 2.75) is 25.2 Å². The Labute approximate surface area is 137 Å². The summed E-state index contributed by atoms with van der Waals surface area (Å²) < 4.78 is 26.4.